The smallest absolute Gasteiger partial charge is 0.408 e. The molecule has 0 saturated carbocycles. The van der Waals surface area contributed by atoms with Gasteiger partial charge < -0.3 is 24.6 Å². The van der Waals surface area contributed by atoms with E-state index < -0.39 is 29.2 Å². The molecule has 1 N–H and O–H groups in total. The Balaban J connectivity index is 2.23. The van der Waals surface area contributed by atoms with Gasteiger partial charge in [0.1, 0.15) is 23.7 Å². The molecule has 3 amide bonds. The van der Waals surface area contributed by atoms with Crippen LogP contribution in [0.15, 0.2) is 0 Å². The van der Waals surface area contributed by atoms with E-state index in [-0.39, 0.29) is 24.3 Å². The van der Waals surface area contributed by atoms with Crippen molar-refractivity contribution < 1.29 is 28.7 Å². The van der Waals surface area contributed by atoms with Crippen LogP contribution in [0, 0.1) is 5.92 Å². The summed E-state index contributed by atoms with van der Waals surface area (Å²) in [4.78, 5) is 54.2. The van der Waals surface area contributed by atoms with Crippen LogP contribution in [-0.2, 0) is 23.9 Å². The predicted molar refractivity (Wildman–Crippen MR) is 114 cm³/mol. The van der Waals surface area contributed by atoms with Crippen molar-refractivity contribution in [2.24, 2.45) is 5.92 Å². The highest BCUT2D eigenvalue weighted by atomic mass is 16.6. The maximum Gasteiger partial charge on any atom is 0.408 e. The lowest BCUT2D eigenvalue weighted by Gasteiger charge is -2.45. The topological polar surface area (TPSA) is 105 Å². The summed E-state index contributed by atoms with van der Waals surface area (Å²) in [5.74, 6) is -0.813. The average Bonchev–Trinajstić information content (AvgIpc) is 3.06. The molecule has 2 heterocycles. The molecule has 9 nitrogen and oxygen atoms in total. The lowest BCUT2D eigenvalue weighted by molar-refractivity contribution is -0.160. The number of amides is 3. The second kappa shape index (κ2) is 9.87. The Kier molecular flexibility index (Phi) is 7.94. The summed E-state index contributed by atoms with van der Waals surface area (Å²) in [7, 11) is 1.29. The SMILES string of the molecule is COC(=O)CN1CCCC2(CCCN2C(=O)[C@H](CC(C)C)NC(=O)OC(C)(C)C)C1=O. The fourth-order valence-electron chi connectivity index (χ4n) is 4.45. The molecule has 1 unspecified atom stereocenters. The molecule has 0 bridgehead atoms. The Morgan fingerprint density at radius 2 is 1.74 bits per heavy atom. The van der Waals surface area contributed by atoms with Gasteiger partial charge in [-0.25, -0.2) is 4.79 Å². The number of carbonyl (C=O) groups is 4. The minimum atomic E-state index is -0.964. The van der Waals surface area contributed by atoms with Crippen molar-refractivity contribution in [3.8, 4) is 0 Å². The molecule has 2 saturated heterocycles. The van der Waals surface area contributed by atoms with Gasteiger partial charge in [0.25, 0.3) is 0 Å². The molecule has 0 aliphatic carbocycles. The molecule has 0 aromatic heterocycles. The zero-order chi connectivity index (χ0) is 23.4. The van der Waals surface area contributed by atoms with E-state index in [2.05, 4.69) is 5.32 Å². The number of piperidine rings is 1. The van der Waals surface area contributed by atoms with Gasteiger partial charge in [-0.2, -0.15) is 0 Å². The first kappa shape index (κ1) is 24.9. The van der Waals surface area contributed by atoms with E-state index in [1.54, 1.807) is 25.7 Å². The highest BCUT2D eigenvalue weighted by molar-refractivity contribution is 5.96. The van der Waals surface area contributed by atoms with Crippen LogP contribution in [0.2, 0.25) is 0 Å². The third-order valence-electron chi connectivity index (χ3n) is 5.70. The number of nitrogens with one attached hydrogen (secondary N) is 1. The monoisotopic (exact) mass is 439 g/mol. The lowest BCUT2D eigenvalue weighted by atomic mass is 9.84. The number of methoxy groups -OCH3 is 1. The highest BCUT2D eigenvalue weighted by Gasteiger charge is 2.54. The molecule has 2 rings (SSSR count). The van der Waals surface area contributed by atoms with Crippen LogP contribution in [0.5, 0.6) is 0 Å². The number of rotatable bonds is 6. The largest absolute Gasteiger partial charge is 0.468 e. The summed E-state index contributed by atoms with van der Waals surface area (Å²) in [5, 5.41) is 2.72. The van der Waals surface area contributed by atoms with Crippen molar-refractivity contribution in [3.63, 3.8) is 0 Å². The summed E-state index contributed by atoms with van der Waals surface area (Å²) in [6.45, 7) is 10.0. The Bertz CT molecular complexity index is 702. The van der Waals surface area contributed by atoms with Crippen LogP contribution >= 0.6 is 0 Å². The van der Waals surface area contributed by atoms with Gasteiger partial charge in [-0.1, -0.05) is 13.8 Å². The van der Waals surface area contributed by atoms with Crippen LogP contribution < -0.4 is 5.32 Å². The van der Waals surface area contributed by atoms with Gasteiger partial charge >= 0.3 is 12.1 Å². The van der Waals surface area contributed by atoms with E-state index in [0.717, 1.165) is 0 Å². The molecule has 2 atom stereocenters. The maximum absolute atomic E-state index is 13.6. The van der Waals surface area contributed by atoms with Crippen LogP contribution in [0.4, 0.5) is 4.79 Å². The Labute approximate surface area is 184 Å². The second-order valence-electron chi connectivity index (χ2n) is 9.86. The predicted octanol–water partition coefficient (Wildman–Crippen LogP) is 2.08. The van der Waals surface area contributed by atoms with E-state index in [1.807, 2.05) is 13.8 Å². The molecular weight excluding hydrogens is 402 g/mol. The molecule has 0 aromatic rings. The van der Waals surface area contributed by atoms with E-state index in [0.29, 0.717) is 45.2 Å². The van der Waals surface area contributed by atoms with Crippen LogP contribution in [0.1, 0.15) is 66.7 Å². The van der Waals surface area contributed by atoms with Gasteiger partial charge in [0.15, 0.2) is 0 Å². The number of esters is 1. The molecule has 176 valence electrons. The van der Waals surface area contributed by atoms with Crippen molar-refractivity contribution in [1.82, 2.24) is 15.1 Å². The quantitative estimate of drug-likeness (QED) is 0.636. The zero-order valence-corrected chi connectivity index (χ0v) is 19.7. The summed E-state index contributed by atoms with van der Waals surface area (Å²) in [6, 6.07) is -0.784. The highest BCUT2D eigenvalue weighted by Crippen LogP contribution is 2.39. The number of hydrogen-bond donors (Lipinski definition) is 1. The fraction of sp³-hybridized carbons (Fsp3) is 0.818. The van der Waals surface area contributed by atoms with Crippen molar-refractivity contribution >= 4 is 23.9 Å². The fourth-order valence-corrected chi connectivity index (χ4v) is 4.45. The van der Waals surface area contributed by atoms with E-state index in [9.17, 15) is 19.2 Å². The first-order chi connectivity index (χ1) is 14.4. The third-order valence-corrected chi connectivity index (χ3v) is 5.70. The van der Waals surface area contributed by atoms with Gasteiger partial charge in [0.05, 0.1) is 7.11 Å². The number of ether oxygens (including phenoxy) is 2. The second-order valence-corrected chi connectivity index (χ2v) is 9.86. The summed E-state index contributed by atoms with van der Waals surface area (Å²) in [6.07, 6.45) is 2.28. The summed E-state index contributed by atoms with van der Waals surface area (Å²) in [5.41, 5.74) is -1.65. The van der Waals surface area contributed by atoms with Crippen molar-refractivity contribution in [2.75, 3.05) is 26.7 Å². The number of likely N-dealkylation sites (tertiary alicyclic amines) is 2. The van der Waals surface area contributed by atoms with Gasteiger partial charge in [0.2, 0.25) is 11.8 Å². The first-order valence-corrected chi connectivity index (χ1v) is 11.1. The molecule has 0 radical (unpaired) electrons. The van der Waals surface area contributed by atoms with Gasteiger partial charge in [-0.05, 0) is 58.8 Å². The van der Waals surface area contributed by atoms with Gasteiger partial charge in [-0.15, -0.1) is 0 Å². The minimum absolute atomic E-state index is 0.120. The average molecular weight is 440 g/mol. The molecule has 9 heteroatoms. The third kappa shape index (κ3) is 6.11. The minimum Gasteiger partial charge on any atom is -0.468 e. The Morgan fingerprint density at radius 1 is 1.13 bits per heavy atom. The normalized spacial score (nSPS) is 22.6. The van der Waals surface area contributed by atoms with Crippen LogP contribution in [-0.4, -0.2) is 77.6 Å². The maximum atomic E-state index is 13.6. The van der Waals surface area contributed by atoms with E-state index >= 15 is 0 Å². The molecular formula is C22H37N3O6. The van der Waals surface area contributed by atoms with Crippen molar-refractivity contribution in [1.29, 1.82) is 0 Å². The Morgan fingerprint density at radius 3 is 2.29 bits per heavy atom. The van der Waals surface area contributed by atoms with E-state index in [4.69, 9.17) is 9.47 Å². The molecule has 2 aliphatic rings. The summed E-state index contributed by atoms with van der Waals surface area (Å²) < 4.78 is 10.1. The number of alkyl carbamates (subject to hydrolysis) is 1. The Hall–Kier alpha value is -2.32. The zero-order valence-electron chi connectivity index (χ0n) is 19.7. The van der Waals surface area contributed by atoms with Gasteiger partial charge in [0, 0.05) is 13.1 Å². The van der Waals surface area contributed by atoms with Gasteiger partial charge in [-0.3, -0.25) is 14.4 Å². The molecule has 1 spiro atoms. The lowest BCUT2D eigenvalue weighted by Crippen LogP contribution is -2.64. The molecule has 0 aromatic carbocycles. The number of hydrogen-bond acceptors (Lipinski definition) is 6. The molecule has 2 aliphatic heterocycles. The molecule has 31 heavy (non-hydrogen) atoms. The first-order valence-electron chi connectivity index (χ1n) is 11.1. The number of nitrogens with zero attached hydrogens (tertiary/aromatic N) is 2. The van der Waals surface area contributed by atoms with Crippen LogP contribution in [0.25, 0.3) is 0 Å². The van der Waals surface area contributed by atoms with Crippen molar-refractivity contribution in [2.45, 2.75) is 83.9 Å². The van der Waals surface area contributed by atoms with Crippen molar-refractivity contribution in [3.05, 3.63) is 0 Å². The standard InChI is InChI=1S/C22H37N3O6/c1-15(2)13-16(23-20(29)31-21(3,4)5)18(27)25-12-8-10-22(25)9-7-11-24(19(22)28)14-17(26)30-6/h15-16H,7-14H2,1-6H3,(H,23,29)/t16-,22?/m0/s1. The van der Waals surface area contributed by atoms with Crippen LogP contribution in [0.3, 0.4) is 0 Å². The number of carbonyl (C=O) groups excluding carboxylic acids is 4. The molecule has 2 fully saturated rings. The summed E-state index contributed by atoms with van der Waals surface area (Å²) >= 11 is 0. The van der Waals surface area contributed by atoms with E-state index in [1.165, 1.54) is 12.0 Å².